The largest absolute Gasteiger partial charge is 0.397 e. The predicted molar refractivity (Wildman–Crippen MR) is 187 cm³/mol. The van der Waals surface area contributed by atoms with Crippen molar-refractivity contribution in [2.75, 3.05) is 6.61 Å². The Hall–Kier alpha value is -4.55. The third-order valence-corrected chi connectivity index (χ3v) is 6.01. The Bertz CT molecular complexity index is 1780. The van der Waals surface area contributed by atoms with Gasteiger partial charge in [0.25, 0.3) is 5.69 Å². The van der Waals surface area contributed by atoms with Gasteiger partial charge in [0.05, 0.1) is 27.3 Å². The topological polar surface area (TPSA) is 112 Å². The zero-order chi connectivity index (χ0) is 31.9. The normalized spacial score (nSPS) is 10.7. The zero-order valence-corrected chi connectivity index (χ0v) is 26.6. The van der Waals surface area contributed by atoms with Crippen molar-refractivity contribution >= 4 is 27.5 Å². The van der Waals surface area contributed by atoms with Gasteiger partial charge in [-0.15, -0.1) is 0 Å². The highest BCUT2D eigenvalue weighted by Gasteiger charge is 2.20. The molecule has 45 heavy (non-hydrogen) atoms. The van der Waals surface area contributed by atoms with Gasteiger partial charge in [-0.1, -0.05) is 77.8 Å². The number of aryl methyl sites for hydroxylation is 2. The van der Waals surface area contributed by atoms with E-state index in [1.165, 1.54) is 11.5 Å². The maximum atomic E-state index is 11.2. The smallest absolute Gasteiger partial charge is 0.278 e. The van der Waals surface area contributed by atoms with Gasteiger partial charge < -0.3 is 5.11 Å². The van der Waals surface area contributed by atoms with Crippen LogP contribution in [0.1, 0.15) is 74.6 Å². The Kier molecular flexibility index (Phi) is 13.6. The highest BCUT2D eigenvalue weighted by Crippen LogP contribution is 2.31. The van der Waals surface area contributed by atoms with Crippen molar-refractivity contribution in [1.82, 2.24) is 24.5 Å². The average Bonchev–Trinajstić information content (AvgIpc) is 3.49. The molecule has 1 N–H and O–H groups in total. The van der Waals surface area contributed by atoms with Crippen molar-refractivity contribution in [3.8, 4) is 23.1 Å². The van der Waals surface area contributed by atoms with E-state index in [0.717, 1.165) is 28.5 Å². The third-order valence-electron chi connectivity index (χ3n) is 6.01. The first-order valence-electron chi connectivity index (χ1n) is 14.3. The molecule has 0 atom stereocenters. The van der Waals surface area contributed by atoms with Gasteiger partial charge in [0, 0.05) is 55.3 Å². The van der Waals surface area contributed by atoms with Crippen molar-refractivity contribution in [3.63, 3.8) is 0 Å². The van der Waals surface area contributed by atoms with Crippen LogP contribution in [0.5, 0.6) is 0 Å². The number of pyridine rings is 1. The number of hydrogen-bond donors (Lipinski definition) is 1. The molecule has 242 valence electrons. The van der Waals surface area contributed by atoms with Crippen molar-refractivity contribution in [2.24, 2.45) is 24.9 Å². The minimum Gasteiger partial charge on any atom is -0.397 e. The number of para-hydroxylation sites is 2. The second kappa shape index (κ2) is 16.0. The Morgan fingerprint density at radius 3 is 2.07 bits per heavy atom. The van der Waals surface area contributed by atoms with Crippen LogP contribution in [-0.4, -0.2) is 41.2 Å². The van der Waals surface area contributed by atoms with E-state index in [2.05, 4.69) is 61.1 Å². The number of aromatic nitrogens is 5. The number of aliphatic hydroxyl groups is 1. The summed E-state index contributed by atoms with van der Waals surface area (Å²) in [5.41, 5.74) is 5.09. The summed E-state index contributed by atoms with van der Waals surface area (Å²) in [6.45, 7) is 14.7. The van der Waals surface area contributed by atoms with Crippen LogP contribution in [0.2, 0.25) is 0 Å². The molecule has 0 saturated heterocycles. The fourth-order valence-corrected chi connectivity index (χ4v) is 4.38. The number of nitrogens with zero attached hydrogens (tertiary/aromatic N) is 6. The number of rotatable bonds is 3. The van der Waals surface area contributed by atoms with E-state index < -0.39 is 4.92 Å². The summed E-state index contributed by atoms with van der Waals surface area (Å²) in [7, 11) is 3.75. The Balaban J connectivity index is 0.000000399. The zero-order valence-electron chi connectivity index (χ0n) is 26.6. The van der Waals surface area contributed by atoms with Crippen molar-refractivity contribution < 1.29 is 10.0 Å². The van der Waals surface area contributed by atoms with E-state index >= 15 is 0 Å². The summed E-state index contributed by atoms with van der Waals surface area (Å²) in [6, 6.07) is 14.8. The lowest BCUT2D eigenvalue weighted by Crippen LogP contribution is -2.10. The molecule has 0 saturated carbocycles. The van der Waals surface area contributed by atoms with Gasteiger partial charge >= 0.3 is 0 Å². The van der Waals surface area contributed by atoms with Crippen LogP contribution >= 0.6 is 0 Å². The van der Waals surface area contributed by atoms with E-state index in [9.17, 15) is 10.1 Å². The Morgan fingerprint density at radius 1 is 0.889 bits per heavy atom. The molecule has 0 amide bonds. The van der Waals surface area contributed by atoms with E-state index in [4.69, 9.17) is 10.1 Å². The molecule has 0 unspecified atom stereocenters. The van der Waals surface area contributed by atoms with Gasteiger partial charge in [-0.3, -0.25) is 24.5 Å². The van der Waals surface area contributed by atoms with Crippen molar-refractivity contribution in [2.45, 2.75) is 69.7 Å². The second-order valence-corrected chi connectivity index (χ2v) is 12.5. The summed E-state index contributed by atoms with van der Waals surface area (Å²) < 4.78 is 3.50. The first-order chi connectivity index (χ1) is 20.1. The van der Waals surface area contributed by atoms with Gasteiger partial charge in [-0.2, -0.15) is 10.2 Å². The standard InChI is InChI=1S/C16H17N3O2.C16H19N3.C2H6O.2CH4/c1-16(2,3)10-9-12-11-18(4)17-15(12)13-7-5-6-8-14(13)19(20)21;1-16(2,3)9-14-12-10-19(4)18-15(12)11-7-5-6-8-13(11)17-14;1-2-3;;/h5-8,11H,1-4H3;5-8,10H,9H2,1-4H3;3H,2H2,1H3;2*1H4. The molecule has 5 rings (SSSR count). The minimum absolute atomic E-state index is 0. The lowest BCUT2D eigenvalue weighted by atomic mass is 9.89. The number of nitro benzene ring substituents is 1. The van der Waals surface area contributed by atoms with Crippen LogP contribution in [0.4, 0.5) is 5.69 Å². The van der Waals surface area contributed by atoms with E-state index in [1.54, 1.807) is 43.0 Å². The Labute approximate surface area is 268 Å². The first kappa shape index (κ1) is 38.5. The summed E-state index contributed by atoms with van der Waals surface area (Å²) >= 11 is 0. The predicted octanol–water partition coefficient (Wildman–Crippen LogP) is 8.37. The molecule has 9 heteroatoms. The SMILES string of the molecule is C.C.CCO.Cn1cc(C#CC(C)(C)C)c(-c2ccccc2[N+](=O)[O-])n1.Cn1cc2c(CC(C)(C)C)nc3ccccc3c2n1. The second-order valence-electron chi connectivity index (χ2n) is 12.5. The Morgan fingerprint density at radius 2 is 1.47 bits per heavy atom. The van der Waals surface area contributed by atoms with Crippen molar-refractivity contribution in [3.05, 3.63) is 82.3 Å². The van der Waals surface area contributed by atoms with E-state index in [-0.39, 0.29) is 38.0 Å². The molecule has 9 nitrogen and oxygen atoms in total. The van der Waals surface area contributed by atoms with E-state index in [0.29, 0.717) is 16.8 Å². The van der Waals surface area contributed by atoms with Gasteiger partial charge in [0.15, 0.2) is 0 Å². The van der Waals surface area contributed by atoms with Gasteiger partial charge in [-0.05, 0) is 51.7 Å². The molecular formula is C36H50N6O3. The van der Waals surface area contributed by atoms with Gasteiger partial charge in [-0.25, -0.2) is 0 Å². The van der Waals surface area contributed by atoms with Crippen molar-refractivity contribution in [1.29, 1.82) is 0 Å². The molecular weight excluding hydrogens is 564 g/mol. The van der Waals surface area contributed by atoms with Crippen LogP contribution in [0.15, 0.2) is 60.9 Å². The van der Waals surface area contributed by atoms with E-state index in [1.807, 2.05) is 44.6 Å². The van der Waals surface area contributed by atoms with Gasteiger partial charge in [0.1, 0.15) is 11.2 Å². The summed E-state index contributed by atoms with van der Waals surface area (Å²) in [5, 5.41) is 30.0. The molecule has 2 aromatic carbocycles. The van der Waals surface area contributed by atoms with Crippen LogP contribution in [-0.2, 0) is 20.5 Å². The fourth-order valence-electron chi connectivity index (χ4n) is 4.38. The number of hydrogen-bond acceptors (Lipinski definition) is 6. The first-order valence-corrected chi connectivity index (χ1v) is 14.3. The number of benzene rings is 2. The van der Waals surface area contributed by atoms with Crippen LogP contribution in [0.25, 0.3) is 33.1 Å². The molecule has 3 heterocycles. The average molecular weight is 615 g/mol. The third kappa shape index (κ3) is 10.5. The minimum atomic E-state index is -0.398. The molecule has 3 aromatic heterocycles. The number of aliphatic hydroxyl groups excluding tert-OH is 1. The molecule has 0 aliphatic heterocycles. The fraction of sp³-hybridized carbons (Fsp3) is 0.417. The molecule has 0 fully saturated rings. The summed E-state index contributed by atoms with van der Waals surface area (Å²) in [6.07, 6.45) is 4.82. The highest BCUT2D eigenvalue weighted by atomic mass is 16.6. The van der Waals surface area contributed by atoms with Crippen LogP contribution in [0, 0.1) is 32.8 Å². The molecule has 0 aliphatic carbocycles. The lowest BCUT2D eigenvalue weighted by Gasteiger charge is -2.18. The molecule has 0 radical (unpaired) electrons. The lowest BCUT2D eigenvalue weighted by molar-refractivity contribution is -0.384. The van der Waals surface area contributed by atoms with Crippen LogP contribution < -0.4 is 0 Å². The maximum Gasteiger partial charge on any atom is 0.278 e. The highest BCUT2D eigenvalue weighted by molar-refractivity contribution is 6.04. The monoisotopic (exact) mass is 614 g/mol. The number of nitro groups is 1. The quantitative estimate of drug-likeness (QED) is 0.124. The molecule has 0 bridgehead atoms. The summed E-state index contributed by atoms with van der Waals surface area (Å²) in [5.74, 6) is 6.22. The number of fused-ring (bicyclic) bond motifs is 3. The van der Waals surface area contributed by atoms with Gasteiger partial charge in [0.2, 0.25) is 0 Å². The maximum absolute atomic E-state index is 11.2. The van der Waals surface area contributed by atoms with Crippen LogP contribution in [0.3, 0.4) is 0 Å². The molecule has 0 aliphatic rings. The molecule has 5 aromatic rings. The summed E-state index contributed by atoms with van der Waals surface area (Å²) in [4.78, 5) is 15.6. The molecule has 0 spiro atoms.